The molecule has 0 saturated carbocycles. The minimum absolute atomic E-state index is 0.208. The smallest absolute Gasteiger partial charge is 0.339 e. The largest absolute Gasteiger partial charge is 0.507 e. The lowest BCUT2D eigenvalue weighted by molar-refractivity contribution is -0.116. The summed E-state index contributed by atoms with van der Waals surface area (Å²) in [7, 11) is 0. The Hall–Kier alpha value is -4.04. The van der Waals surface area contributed by atoms with Gasteiger partial charge >= 0.3 is 5.97 Å². The van der Waals surface area contributed by atoms with Crippen molar-refractivity contribution < 1.29 is 19.8 Å². The number of carbonyl (C=O) groups excluding carboxylic acids is 1. The fourth-order valence-corrected chi connectivity index (χ4v) is 3.41. The SMILES string of the molecule is CCCCc1ccc(C#Cc2ccc(CN(C(C)=O)c3ccc(C(=O)O)c(O)c3)cc2)cc1. The molecule has 3 aromatic carbocycles. The van der Waals surface area contributed by atoms with Crippen molar-refractivity contribution in [1.82, 2.24) is 0 Å². The minimum Gasteiger partial charge on any atom is -0.507 e. The maximum Gasteiger partial charge on any atom is 0.339 e. The molecule has 1 amide bonds. The van der Waals surface area contributed by atoms with E-state index < -0.39 is 5.97 Å². The van der Waals surface area contributed by atoms with Crippen LogP contribution in [0.3, 0.4) is 0 Å². The first-order valence-electron chi connectivity index (χ1n) is 10.9. The molecule has 0 aliphatic carbocycles. The van der Waals surface area contributed by atoms with E-state index in [1.807, 2.05) is 36.4 Å². The third kappa shape index (κ3) is 6.47. The highest BCUT2D eigenvalue weighted by molar-refractivity contribution is 5.95. The van der Waals surface area contributed by atoms with E-state index in [-0.39, 0.29) is 23.8 Å². The third-order valence-corrected chi connectivity index (χ3v) is 5.32. The van der Waals surface area contributed by atoms with Crippen LogP contribution >= 0.6 is 0 Å². The number of amides is 1. The molecule has 3 aromatic rings. The van der Waals surface area contributed by atoms with Crippen LogP contribution in [0.5, 0.6) is 5.75 Å². The first-order chi connectivity index (χ1) is 15.9. The second-order valence-electron chi connectivity index (χ2n) is 7.86. The van der Waals surface area contributed by atoms with Gasteiger partial charge in [-0.1, -0.05) is 49.5 Å². The minimum atomic E-state index is -1.22. The molecule has 0 heterocycles. The molecule has 0 unspecified atom stereocenters. The van der Waals surface area contributed by atoms with Crippen LogP contribution in [0.2, 0.25) is 0 Å². The summed E-state index contributed by atoms with van der Waals surface area (Å²) in [6.07, 6.45) is 3.46. The van der Waals surface area contributed by atoms with Gasteiger partial charge in [0.1, 0.15) is 11.3 Å². The number of aromatic carboxylic acids is 1. The van der Waals surface area contributed by atoms with E-state index in [4.69, 9.17) is 5.11 Å². The van der Waals surface area contributed by atoms with Crippen molar-refractivity contribution in [2.75, 3.05) is 4.90 Å². The van der Waals surface area contributed by atoms with E-state index >= 15 is 0 Å². The van der Waals surface area contributed by atoms with Gasteiger partial charge in [-0.3, -0.25) is 4.79 Å². The molecule has 3 rings (SSSR count). The zero-order valence-corrected chi connectivity index (χ0v) is 18.8. The Morgan fingerprint density at radius 1 is 0.879 bits per heavy atom. The molecule has 33 heavy (non-hydrogen) atoms. The number of aromatic hydroxyl groups is 1. The van der Waals surface area contributed by atoms with Crippen LogP contribution < -0.4 is 4.90 Å². The number of carbonyl (C=O) groups is 2. The van der Waals surface area contributed by atoms with Gasteiger partial charge in [-0.25, -0.2) is 4.79 Å². The number of benzene rings is 3. The van der Waals surface area contributed by atoms with Crippen LogP contribution in [0.25, 0.3) is 0 Å². The predicted octanol–water partition coefficient (Wildman–Crippen LogP) is 5.39. The molecule has 0 radical (unpaired) electrons. The molecule has 0 aliphatic rings. The number of anilines is 1. The molecule has 0 spiro atoms. The average Bonchev–Trinajstić information content (AvgIpc) is 2.80. The molecule has 0 bridgehead atoms. The first kappa shape index (κ1) is 23.6. The molecule has 2 N–H and O–H groups in total. The van der Waals surface area contributed by atoms with Crippen molar-refractivity contribution in [3.8, 4) is 17.6 Å². The van der Waals surface area contributed by atoms with Crippen LogP contribution in [0.4, 0.5) is 5.69 Å². The molecule has 0 aliphatic heterocycles. The number of phenols is 1. The van der Waals surface area contributed by atoms with E-state index in [9.17, 15) is 14.7 Å². The molecule has 0 saturated heterocycles. The predicted molar refractivity (Wildman–Crippen MR) is 129 cm³/mol. The molecular formula is C28H27NO4. The summed E-state index contributed by atoms with van der Waals surface area (Å²) in [5, 5.41) is 19.0. The number of carboxylic acids is 1. The Morgan fingerprint density at radius 2 is 1.45 bits per heavy atom. The number of carboxylic acid groups (broad SMARTS) is 1. The van der Waals surface area contributed by atoms with E-state index in [0.29, 0.717) is 5.69 Å². The summed E-state index contributed by atoms with van der Waals surface area (Å²) in [4.78, 5) is 24.8. The Kier molecular flexibility index (Phi) is 7.88. The molecule has 0 atom stereocenters. The highest BCUT2D eigenvalue weighted by Gasteiger charge is 2.16. The average molecular weight is 442 g/mol. The summed E-state index contributed by atoms with van der Waals surface area (Å²) in [5.41, 5.74) is 4.26. The van der Waals surface area contributed by atoms with Crippen molar-refractivity contribution in [2.24, 2.45) is 0 Å². The maximum atomic E-state index is 12.2. The standard InChI is InChI=1S/C28H27NO4/c1-3-4-5-21-6-8-22(9-7-21)10-11-23-12-14-24(15-13-23)19-29(20(2)30)25-16-17-26(28(32)33)27(31)18-25/h6-9,12-18,31H,3-5,19H2,1-2H3,(H,32,33). The fourth-order valence-electron chi connectivity index (χ4n) is 3.41. The Labute approximate surface area is 194 Å². The van der Waals surface area contributed by atoms with Gasteiger partial charge in [-0.15, -0.1) is 0 Å². The first-order valence-corrected chi connectivity index (χ1v) is 10.9. The van der Waals surface area contributed by atoms with Gasteiger partial charge < -0.3 is 15.1 Å². The molecular weight excluding hydrogens is 414 g/mol. The lowest BCUT2D eigenvalue weighted by Gasteiger charge is -2.22. The summed E-state index contributed by atoms with van der Waals surface area (Å²) in [6.45, 7) is 3.90. The number of aryl methyl sites for hydroxylation is 1. The highest BCUT2D eigenvalue weighted by atomic mass is 16.4. The van der Waals surface area contributed by atoms with Crippen molar-refractivity contribution in [3.63, 3.8) is 0 Å². The second kappa shape index (κ2) is 11.0. The van der Waals surface area contributed by atoms with Gasteiger partial charge in [0.2, 0.25) is 5.91 Å². The molecule has 5 nitrogen and oxygen atoms in total. The Morgan fingerprint density at radius 3 is 1.94 bits per heavy atom. The number of hydrogen-bond donors (Lipinski definition) is 2. The van der Waals surface area contributed by atoms with Gasteiger partial charge in [-0.2, -0.15) is 0 Å². The lowest BCUT2D eigenvalue weighted by atomic mass is 10.1. The van der Waals surface area contributed by atoms with Gasteiger partial charge in [-0.05, 0) is 60.4 Å². The molecule has 5 heteroatoms. The number of hydrogen-bond acceptors (Lipinski definition) is 3. The fraction of sp³-hybridized carbons (Fsp3) is 0.214. The van der Waals surface area contributed by atoms with Gasteiger partial charge in [0.25, 0.3) is 0 Å². The van der Waals surface area contributed by atoms with Crippen LogP contribution in [-0.4, -0.2) is 22.1 Å². The molecule has 0 aromatic heterocycles. The zero-order valence-electron chi connectivity index (χ0n) is 18.8. The number of rotatable bonds is 7. The Balaban J connectivity index is 1.70. The van der Waals surface area contributed by atoms with Gasteiger partial charge in [0.15, 0.2) is 0 Å². The van der Waals surface area contributed by atoms with Crippen LogP contribution in [0.1, 0.15) is 59.3 Å². The normalized spacial score (nSPS) is 10.2. The summed E-state index contributed by atoms with van der Waals surface area (Å²) >= 11 is 0. The summed E-state index contributed by atoms with van der Waals surface area (Å²) in [6, 6.07) is 20.0. The Bertz CT molecular complexity index is 1190. The highest BCUT2D eigenvalue weighted by Crippen LogP contribution is 2.26. The third-order valence-electron chi connectivity index (χ3n) is 5.32. The number of unbranched alkanes of at least 4 members (excludes halogenated alkanes) is 1. The van der Waals surface area contributed by atoms with Crippen molar-refractivity contribution in [3.05, 3.63) is 94.5 Å². The van der Waals surface area contributed by atoms with Crippen molar-refractivity contribution >= 4 is 17.6 Å². The zero-order chi connectivity index (χ0) is 23.8. The van der Waals surface area contributed by atoms with E-state index in [2.05, 4.69) is 30.9 Å². The molecule has 168 valence electrons. The topological polar surface area (TPSA) is 77.8 Å². The monoisotopic (exact) mass is 441 g/mol. The van der Waals surface area contributed by atoms with Gasteiger partial charge in [0, 0.05) is 29.8 Å². The van der Waals surface area contributed by atoms with E-state index in [0.717, 1.165) is 23.1 Å². The second-order valence-corrected chi connectivity index (χ2v) is 7.86. The number of nitrogens with zero attached hydrogens (tertiary/aromatic N) is 1. The molecule has 0 fully saturated rings. The van der Waals surface area contributed by atoms with Crippen LogP contribution in [0.15, 0.2) is 66.7 Å². The summed E-state index contributed by atoms with van der Waals surface area (Å²) < 4.78 is 0. The van der Waals surface area contributed by atoms with E-state index in [1.165, 1.54) is 48.4 Å². The summed E-state index contributed by atoms with van der Waals surface area (Å²) in [5.74, 6) is 4.52. The van der Waals surface area contributed by atoms with E-state index in [1.54, 1.807) is 0 Å². The lowest BCUT2D eigenvalue weighted by Crippen LogP contribution is -2.27. The van der Waals surface area contributed by atoms with Crippen molar-refractivity contribution in [2.45, 2.75) is 39.7 Å². The van der Waals surface area contributed by atoms with Crippen LogP contribution in [-0.2, 0) is 17.8 Å². The maximum absolute atomic E-state index is 12.2. The van der Waals surface area contributed by atoms with Gasteiger partial charge in [0.05, 0.1) is 6.54 Å². The van der Waals surface area contributed by atoms with Crippen molar-refractivity contribution in [1.29, 1.82) is 0 Å². The quantitative estimate of drug-likeness (QED) is 0.482. The van der Waals surface area contributed by atoms with Crippen LogP contribution in [0, 0.1) is 11.8 Å².